The molecule has 0 N–H and O–H groups in total. The Bertz CT molecular complexity index is 556. The number of halogens is 1. The minimum absolute atomic E-state index is 0.211. The topological polar surface area (TPSA) is 3.01 Å². The van der Waals surface area contributed by atoms with Crippen LogP contribution < -0.4 is 0 Å². The molecule has 0 amide bonds. The van der Waals surface area contributed by atoms with Gasteiger partial charge in [0.2, 0.25) is 5.69 Å². The molecule has 0 bridgehead atoms. The summed E-state index contributed by atoms with van der Waals surface area (Å²) >= 11 is 0. The van der Waals surface area contributed by atoms with E-state index >= 15 is 0 Å². The van der Waals surface area contributed by atoms with Crippen LogP contribution in [-0.4, -0.2) is 18.3 Å². The number of benzene rings is 2. The second-order valence-corrected chi connectivity index (χ2v) is 4.15. The minimum atomic E-state index is -0.211. The largest absolute Gasteiger partial charge is 0.208 e. The number of rotatable bonds is 2. The Labute approximate surface area is 101 Å². The third kappa shape index (κ3) is 2.26. The molecule has 0 spiro atoms. The molecule has 0 atom stereocenters. The maximum Gasteiger partial charge on any atom is 0.207 e. The van der Waals surface area contributed by atoms with E-state index < -0.39 is 0 Å². The molecule has 1 nitrogen and oxygen atoms in total. The average molecular weight is 228 g/mol. The first kappa shape index (κ1) is 11.5. The molecule has 0 aliphatic rings. The van der Waals surface area contributed by atoms with Gasteiger partial charge in [-0.1, -0.05) is 24.3 Å². The van der Waals surface area contributed by atoms with Crippen molar-refractivity contribution in [3.05, 3.63) is 53.8 Å². The van der Waals surface area contributed by atoms with Gasteiger partial charge in [-0.2, -0.15) is 0 Å². The smallest absolute Gasteiger partial charge is 0.207 e. The van der Waals surface area contributed by atoms with Crippen LogP contribution in [0.4, 0.5) is 10.1 Å². The van der Waals surface area contributed by atoms with E-state index in [2.05, 4.69) is 13.6 Å². The van der Waals surface area contributed by atoms with Gasteiger partial charge in [0.15, 0.2) is 0 Å². The van der Waals surface area contributed by atoms with Gasteiger partial charge >= 0.3 is 0 Å². The monoisotopic (exact) mass is 228 g/mol. The van der Waals surface area contributed by atoms with Gasteiger partial charge in [0.05, 0.1) is 0 Å². The quantitative estimate of drug-likeness (QED) is 0.543. The molecule has 2 aromatic carbocycles. The van der Waals surface area contributed by atoms with Crippen LogP contribution >= 0.6 is 0 Å². The summed E-state index contributed by atoms with van der Waals surface area (Å²) in [6.45, 7) is 5.94. The highest BCUT2D eigenvalue weighted by atomic mass is 19.1. The normalized spacial score (nSPS) is 10.3. The Balaban J connectivity index is 2.56. The first-order valence-corrected chi connectivity index (χ1v) is 5.49. The van der Waals surface area contributed by atoms with E-state index in [0.29, 0.717) is 0 Å². The molecule has 2 heteroatoms. The summed E-state index contributed by atoms with van der Waals surface area (Å²) in [5.74, 6) is -0.211. The molecule has 0 radical (unpaired) electrons. The van der Waals surface area contributed by atoms with Crippen LogP contribution in [-0.2, 0) is 0 Å². The second-order valence-electron chi connectivity index (χ2n) is 4.15. The van der Waals surface area contributed by atoms with Gasteiger partial charge in [-0.3, -0.25) is 0 Å². The van der Waals surface area contributed by atoms with E-state index in [9.17, 15) is 4.39 Å². The van der Waals surface area contributed by atoms with Crippen molar-refractivity contribution in [3.63, 3.8) is 0 Å². The molecule has 17 heavy (non-hydrogen) atoms. The van der Waals surface area contributed by atoms with E-state index in [-0.39, 0.29) is 5.82 Å². The van der Waals surface area contributed by atoms with E-state index in [1.54, 1.807) is 12.1 Å². The van der Waals surface area contributed by atoms with Crippen molar-refractivity contribution in [1.82, 2.24) is 0 Å². The lowest BCUT2D eigenvalue weighted by Crippen LogP contribution is -1.96. The molecule has 0 fully saturated rings. The van der Waals surface area contributed by atoms with Crippen LogP contribution in [0.2, 0.25) is 0 Å². The van der Waals surface area contributed by atoms with Crippen LogP contribution in [0, 0.1) is 12.7 Å². The fraction of sp³-hybridized carbons (Fsp3) is 0.133. The van der Waals surface area contributed by atoms with Crippen LogP contribution in [0.15, 0.2) is 42.5 Å². The Morgan fingerprint density at radius 2 is 1.71 bits per heavy atom. The third-order valence-electron chi connectivity index (χ3n) is 2.87. The summed E-state index contributed by atoms with van der Waals surface area (Å²) in [4.78, 5) is 0. The second kappa shape index (κ2) is 4.50. The zero-order chi connectivity index (χ0) is 12.4. The predicted molar refractivity (Wildman–Crippen MR) is 69.5 cm³/mol. The van der Waals surface area contributed by atoms with Gasteiger partial charge in [-0.15, -0.1) is 0 Å². The van der Waals surface area contributed by atoms with E-state index in [4.69, 9.17) is 0 Å². The predicted octanol–water partition coefficient (Wildman–Crippen LogP) is 3.78. The van der Waals surface area contributed by atoms with Gasteiger partial charge in [-0.05, 0) is 30.2 Å². The molecule has 0 heterocycles. The lowest BCUT2D eigenvalue weighted by molar-refractivity contribution is -0.395. The third-order valence-corrected chi connectivity index (χ3v) is 2.87. The molecule has 86 valence electrons. The zero-order valence-electron chi connectivity index (χ0n) is 10.1. The number of hydrogen-bond donors (Lipinski definition) is 0. The van der Waals surface area contributed by atoms with Gasteiger partial charge in [0.25, 0.3) is 0 Å². The molecule has 0 saturated carbocycles. The molecule has 0 aromatic heterocycles. The summed E-state index contributed by atoms with van der Waals surface area (Å²) < 4.78 is 14.7. The van der Waals surface area contributed by atoms with Crippen LogP contribution in [0.5, 0.6) is 0 Å². The van der Waals surface area contributed by atoms with Crippen LogP contribution in [0.3, 0.4) is 0 Å². The molecule has 2 rings (SSSR count). The summed E-state index contributed by atoms with van der Waals surface area (Å²) in [6, 6.07) is 12.6. The molecular weight excluding hydrogens is 213 g/mol. The summed E-state index contributed by atoms with van der Waals surface area (Å²) in [6.07, 6.45) is 0. The number of hydrogen-bond acceptors (Lipinski definition) is 0. The SMILES string of the molecule is C=[N+](C)c1cccc(-c2ccc(F)cc2)c1C. The molecule has 0 unspecified atom stereocenters. The Kier molecular flexibility index (Phi) is 3.05. The van der Waals surface area contributed by atoms with Crippen molar-refractivity contribution in [2.75, 3.05) is 7.05 Å². The maximum absolute atomic E-state index is 12.9. The molecule has 0 aliphatic heterocycles. The highest BCUT2D eigenvalue weighted by Gasteiger charge is 2.11. The summed E-state index contributed by atoms with van der Waals surface area (Å²) in [5.41, 5.74) is 4.36. The molecule has 2 aromatic rings. The van der Waals surface area contributed by atoms with Crippen molar-refractivity contribution in [2.24, 2.45) is 0 Å². The summed E-state index contributed by atoms with van der Waals surface area (Å²) in [5, 5.41) is 0. The number of nitrogens with zero attached hydrogens (tertiary/aromatic N) is 1. The molecular formula is C15H15FN+. The van der Waals surface area contributed by atoms with E-state index in [0.717, 1.165) is 22.4 Å². The average Bonchev–Trinajstić information content (AvgIpc) is 2.30. The molecule has 0 aliphatic carbocycles. The highest BCUT2D eigenvalue weighted by Crippen LogP contribution is 2.29. The van der Waals surface area contributed by atoms with Gasteiger partial charge in [0, 0.05) is 11.6 Å². The fourth-order valence-electron chi connectivity index (χ4n) is 1.98. The lowest BCUT2D eigenvalue weighted by Gasteiger charge is -2.07. The Morgan fingerprint density at radius 3 is 2.29 bits per heavy atom. The van der Waals surface area contributed by atoms with E-state index in [1.807, 2.05) is 29.8 Å². The Hall–Kier alpha value is -1.96. The minimum Gasteiger partial charge on any atom is -0.208 e. The first-order chi connectivity index (χ1) is 8.09. The highest BCUT2D eigenvalue weighted by molar-refractivity contribution is 5.71. The zero-order valence-corrected chi connectivity index (χ0v) is 10.1. The first-order valence-electron chi connectivity index (χ1n) is 5.49. The van der Waals surface area contributed by atoms with Crippen LogP contribution in [0.25, 0.3) is 11.1 Å². The van der Waals surface area contributed by atoms with Gasteiger partial charge in [-0.25, -0.2) is 8.97 Å². The van der Waals surface area contributed by atoms with Gasteiger partial charge in [0.1, 0.15) is 19.6 Å². The summed E-state index contributed by atoms with van der Waals surface area (Å²) in [7, 11) is 1.91. The van der Waals surface area contributed by atoms with Crippen molar-refractivity contribution >= 4 is 12.4 Å². The fourth-order valence-corrected chi connectivity index (χ4v) is 1.98. The van der Waals surface area contributed by atoms with Crippen molar-refractivity contribution in [1.29, 1.82) is 0 Å². The maximum atomic E-state index is 12.9. The standard InChI is InChI=1S/C15H15FN/c1-11-14(5-4-6-15(11)17(2)3)12-7-9-13(16)10-8-12/h4-10H,2H2,1,3H3/q+1. The van der Waals surface area contributed by atoms with E-state index in [1.165, 1.54) is 12.1 Å². The van der Waals surface area contributed by atoms with Gasteiger partial charge < -0.3 is 0 Å². The molecule has 0 saturated heterocycles. The lowest BCUT2D eigenvalue weighted by atomic mass is 9.99. The van der Waals surface area contributed by atoms with Crippen molar-refractivity contribution in [2.45, 2.75) is 6.92 Å². The van der Waals surface area contributed by atoms with Crippen molar-refractivity contribution in [3.8, 4) is 11.1 Å². The Morgan fingerprint density at radius 1 is 1.06 bits per heavy atom. The van der Waals surface area contributed by atoms with Crippen LogP contribution in [0.1, 0.15) is 5.56 Å². The van der Waals surface area contributed by atoms with Crippen molar-refractivity contribution < 1.29 is 8.97 Å².